The third-order valence-electron chi connectivity index (χ3n) is 4.01. The number of allylic oxidation sites excluding steroid dienone is 2. The van der Waals surface area contributed by atoms with Gasteiger partial charge in [-0.1, -0.05) is 37.8 Å². The van der Waals surface area contributed by atoms with Crippen LogP contribution in [0.3, 0.4) is 0 Å². The lowest BCUT2D eigenvalue weighted by Gasteiger charge is -2.00. The minimum atomic E-state index is 0.432. The maximum atomic E-state index is 5.38. The largest absolute Gasteiger partial charge is 0.379 e. The highest BCUT2D eigenvalue weighted by Gasteiger charge is 2.23. The van der Waals surface area contributed by atoms with Crippen LogP contribution < -0.4 is 0 Å². The average Bonchev–Trinajstić information content (AvgIpc) is 2.96. The van der Waals surface area contributed by atoms with Crippen LogP contribution in [0.1, 0.15) is 58.3 Å². The second kappa shape index (κ2) is 7.96. The molecule has 0 radical (unpaired) electrons. The van der Waals surface area contributed by atoms with Crippen molar-refractivity contribution in [2.75, 3.05) is 19.8 Å². The summed E-state index contributed by atoms with van der Waals surface area (Å²) in [5.41, 5.74) is 1.74. The molecule has 1 saturated heterocycles. The van der Waals surface area contributed by atoms with Gasteiger partial charge in [0.1, 0.15) is 6.10 Å². The fourth-order valence-electron chi connectivity index (χ4n) is 2.69. The Morgan fingerprint density at radius 1 is 1.33 bits per heavy atom. The third-order valence-corrected chi connectivity index (χ3v) is 4.01. The van der Waals surface area contributed by atoms with E-state index in [1.54, 1.807) is 5.57 Å². The van der Waals surface area contributed by atoms with E-state index < -0.39 is 0 Å². The van der Waals surface area contributed by atoms with E-state index in [1.807, 2.05) is 0 Å². The highest BCUT2D eigenvalue weighted by Crippen LogP contribution is 2.38. The molecule has 2 fully saturated rings. The third kappa shape index (κ3) is 5.53. The van der Waals surface area contributed by atoms with Crippen LogP contribution >= 0.6 is 0 Å². The second-order valence-electron chi connectivity index (χ2n) is 5.80. The van der Waals surface area contributed by atoms with Crippen molar-refractivity contribution in [1.82, 2.24) is 0 Å². The molecule has 0 aromatic heterocycles. The molecule has 0 aromatic carbocycles. The molecule has 18 heavy (non-hydrogen) atoms. The fourth-order valence-corrected chi connectivity index (χ4v) is 2.69. The predicted molar refractivity (Wildman–Crippen MR) is 74.7 cm³/mol. The number of unbranched alkanes of at least 4 members (excludes halogenated alkanes) is 3. The number of epoxide rings is 1. The van der Waals surface area contributed by atoms with Gasteiger partial charge in [-0.15, -0.1) is 0 Å². The van der Waals surface area contributed by atoms with E-state index in [4.69, 9.17) is 9.47 Å². The Bertz CT molecular complexity index is 256. The van der Waals surface area contributed by atoms with E-state index >= 15 is 0 Å². The lowest BCUT2D eigenvalue weighted by Crippen LogP contribution is -2.02. The lowest BCUT2D eigenvalue weighted by atomic mass is 10.1. The molecule has 1 saturated carbocycles. The number of hydrogen-bond donors (Lipinski definition) is 0. The van der Waals surface area contributed by atoms with Crippen molar-refractivity contribution < 1.29 is 9.47 Å². The van der Waals surface area contributed by atoms with E-state index in [9.17, 15) is 0 Å². The van der Waals surface area contributed by atoms with Gasteiger partial charge in [0.15, 0.2) is 0 Å². The summed E-state index contributed by atoms with van der Waals surface area (Å²) in [5, 5.41) is 0. The zero-order valence-corrected chi connectivity index (χ0v) is 11.8. The minimum Gasteiger partial charge on any atom is -0.379 e. The Morgan fingerprint density at radius 2 is 2.22 bits per heavy atom. The van der Waals surface area contributed by atoms with E-state index in [0.29, 0.717) is 6.10 Å². The molecular weight excluding hydrogens is 224 g/mol. The van der Waals surface area contributed by atoms with Crippen LogP contribution in [0, 0.1) is 5.92 Å². The molecule has 104 valence electrons. The minimum absolute atomic E-state index is 0.432. The molecule has 3 rings (SSSR count). The molecule has 2 bridgehead atoms. The highest BCUT2D eigenvalue weighted by molar-refractivity contribution is 5.15. The second-order valence-corrected chi connectivity index (χ2v) is 5.80. The SMILES string of the molecule is C1=C2CCC(C1)C2.CCCCCCOCC1CO1. The smallest absolute Gasteiger partial charge is 0.104 e. The molecule has 2 unspecified atom stereocenters. The van der Waals surface area contributed by atoms with E-state index in [-0.39, 0.29) is 0 Å². The molecule has 2 heteroatoms. The molecule has 2 nitrogen and oxygen atoms in total. The van der Waals surface area contributed by atoms with Gasteiger partial charge >= 0.3 is 0 Å². The Hall–Kier alpha value is -0.340. The predicted octanol–water partition coefficient (Wildman–Crippen LogP) is 4.10. The summed E-state index contributed by atoms with van der Waals surface area (Å²) in [5.74, 6) is 1.08. The molecular formula is C16H28O2. The standard InChI is InChI=1S/C9H18O2.C7H10/c1-2-3-4-5-6-10-7-9-8-11-9;1-2-7-4-3-6(1)5-7/h9H,2-8H2,1H3;1,7H,2-5H2. The molecule has 2 atom stereocenters. The van der Waals surface area contributed by atoms with Crippen LogP contribution in [0.2, 0.25) is 0 Å². The molecule has 3 aliphatic rings. The monoisotopic (exact) mass is 252 g/mol. The van der Waals surface area contributed by atoms with E-state index in [1.165, 1.54) is 51.4 Å². The Kier molecular flexibility index (Phi) is 6.22. The van der Waals surface area contributed by atoms with Crippen LogP contribution in [-0.2, 0) is 9.47 Å². The lowest BCUT2D eigenvalue weighted by molar-refractivity contribution is 0.113. The Balaban J connectivity index is 0.000000146. The summed E-state index contributed by atoms with van der Waals surface area (Å²) in [7, 11) is 0. The molecule has 0 aromatic rings. The van der Waals surface area contributed by atoms with Crippen molar-refractivity contribution in [3.63, 3.8) is 0 Å². The van der Waals surface area contributed by atoms with Gasteiger partial charge in [-0.2, -0.15) is 0 Å². The van der Waals surface area contributed by atoms with Gasteiger partial charge in [0.05, 0.1) is 13.2 Å². The first kappa shape index (κ1) is 14.1. The average molecular weight is 252 g/mol. The van der Waals surface area contributed by atoms with Gasteiger partial charge in [-0.05, 0) is 38.0 Å². The van der Waals surface area contributed by atoms with E-state index in [0.717, 1.165) is 25.7 Å². The summed E-state index contributed by atoms with van der Waals surface area (Å²) >= 11 is 0. The first-order chi connectivity index (χ1) is 8.88. The van der Waals surface area contributed by atoms with Crippen LogP contribution in [0.15, 0.2) is 11.6 Å². The quantitative estimate of drug-likeness (QED) is 0.386. The zero-order chi connectivity index (χ0) is 12.6. The summed E-state index contributed by atoms with van der Waals surface area (Å²) in [4.78, 5) is 0. The van der Waals surface area contributed by atoms with E-state index in [2.05, 4.69) is 13.0 Å². The number of ether oxygens (including phenoxy) is 2. The van der Waals surface area contributed by atoms with Crippen molar-refractivity contribution in [2.24, 2.45) is 5.92 Å². The zero-order valence-electron chi connectivity index (χ0n) is 11.8. The molecule has 1 heterocycles. The van der Waals surface area contributed by atoms with Gasteiger partial charge in [-0.3, -0.25) is 0 Å². The van der Waals surface area contributed by atoms with Crippen LogP contribution in [0.25, 0.3) is 0 Å². The van der Waals surface area contributed by atoms with Crippen molar-refractivity contribution in [2.45, 2.75) is 64.4 Å². The summed E-state index contributed by atoms with van der Waals surface area (Å²) in [6.45, 7) is 4.86. The maximum Gasteiger partial charge on any atom is 0.104 e. The summed E-state index contributed by atoms with van der Waals surface area (Å²) in [6.07, 6.45) is 13.8. The van der Waals surface area contributed by atoms with Crippen LogP contribution in [0.5, 0.6) is 0 Å². The normalized spacial score (nSPS) is 27.7. The van der Waals surface area contributed by atoms with Gasteiger partial charge < -0.3 is 9.47 Å². The van der Waals surface area contributed by atoms with Gasteiger partial charge in [0, 0.05) is 6.61 Å². The van der Waals surface area contributed by atoms with Crippen LogP contribution in [-0.4, -0.2) is 25.9 Å². The van der Waals surface area contributed by atoms with Crippen molar-refractivity contribution in [3.8, 4) is 0 Å². The van der Waals surface area contributed by atoms with Crippen molar-refractivity contribution in [1.29, 1.82) is 0 Å². The summed E-state index contributed by atoms with van der Waals surface area (Å²) < 4.78 is 10.4. The molecule has 0 spiro atoms. The van der Waals surface area contributed by atoms with Gasteiger partial charge in [0.2, 0.25) is 0 Å². The maximum absolute atomic E-state index is 5.38. The molecule has 1 aliphatic heterocycles. The van der Waals surface area contributed by atoms with Gasteiger partial charge in [-0.25, -0.2) is 0 Å². The van der Waals surface area contributed by atoms with Crippen molar-refractivity contribution >= 4 is 0 Å². The summed E-state index contributed by atoms with van der Waals surface area (Å²) in [6, 6.07) is 0. The number of hydrogen-bond acceptors (Lipinski definition) is 2. The van der Waals surface area contributed by atoms with Gasteiger partial charge in [0.25, 0.3) is 0 Å². The Morgan fingerprint density at radius 3 is 2.67 bits per heavy atom. The molecule has 0 amide bonds. The number of fused-ring (bicyclic) bond motifs is 2. The molecule has 2 aliphatic carbocycles. The van der Waals surface area contributed by atoms with Crippen LogP contribution in [0.4, 0.5) is 0 Å². The highest BCUT2D eigenvalue weighted by atomic mass is 16.6. The fraction of sp³-hybridized carbons (Fsp3) is 0.875. The topological polar surface area (TPSA) is 21.8 Å². The van der Waals surface area contributed by atoms with Crippen molar-refractivity contribution in [3.05, 3.63) is 11.6 Å². The Labute approximate surface area is 112 Å². The number of rotatable bonds is 7. The molecule has 0 N–H and O–H groups in total. The first-order valence-electron chi connectivity index (χ1n) is 7.75. The first-order valence-corrected chi connectivity index (χ1v) is 7.75.